The number of hydrogen-bond acceptors (Lipinski definition) is 4. The van der Waals surface area contributed by atoms with E-state index in [9.17, 15) is 4.79 Å². The number of ether oxygens (including phenoxy) is 2. The Hall–Kier alpha value is -1.40. The lowest BCUT2D eigenvalue weighted by Crippen LogP contribution is -2.44. The average molecular weight is 280 g/mol. The van der Waals surface area contributed by atoms with Crippen LogP contribution in [-0.4, -0.2) is 46.3 Å². The zero-order valence-electron chi connectivity index (χ0n) is 11.7. The Morgan fingerprint density at radius 2 is 2.20 bits per heavy atom. The van der Waals surface area contributed by atoms with Gasteiger partial charge < -0.3 is 14.6 Å². The third-order valence-electron chi connectivity index (χ3n) is 4.39. The number of rotatable bonds is 2. The van der Waals surface area contributed by atoms with Crippen molar-refractivity contribution in [3.05, 3.63) is 17.5 Å². The molecular formula is C14H20N2O4. The topological polar surface area (TPSA) is 73.6 Å². The summed E-state index contributed by atoms with van der Waals surface area (Å²) < 4.78 is 13.2. The number of nitrogens with zero attached hydrogens (tertiary/aromatic N) is 2. The number of aromatic carboxylic acids is 1. The first kappa shape index (κ1) is 13.6. The number of carboxylic acid groups (broad SMARTS) is 1. The van der Waals surface area contributed by atoms with Gasteiger partial charge in [0.25, 0.3) is 0 Å². The van der Waals surface area contributed by atoms with Crippen LogP contribution in [0.3, 0.4) is 0 Å². The predicted octanol–water partition coefficient (Wildman–Crippen LogP) is 1.79. The van der Waals surface area contributed by atoms with Gasteiger partial charge in [-0.15, -0.1) is 0 Å². The average Bonchev–Trinajstić information content (AvgIpc) is 2.82. The van der Waals surface area contributed by atoms with Crippen molar-refractivity contribution in [2.45, 2.75) is 44.2 Å². The second-order valence-electron chi connectivity index (χ2n) is 5.70. The molecule has 3 heterocycles. The molecule has 6 heteroatoms. The minimum atomic E-state index is -0.915. The zero-order chi connectivity index (χ0) is 14.2. The summed E-state index contributed by atoms with van der Waals surface area (Å²) in [5.41, 5.74) is 0.757. The van der Waals surface area contributed by atoms with E-state index in [0.717, 1.165) is 38.9 Å². The molecule has 2 saturated heterocycles. The van der Waals surface area contributed by atoms with Gasteiger partial charge in [-0.3, -0.25) is 4.68 Å². The molecule has 0 aliphatic carbocycles. The SMILES string of the molecule is Cc1nn(C2CCOC3(CCOCC3)C2)cc1C(=O)O. The van der Waals surface area contributed by atoms with E-state index in [1.54, 1.807) is 13.1 Å². The molecule has 0 radical (unpaired) electrons. The summed E-state index contributed by atoms with van der Waals surface area (Å²) in [6.45, 7) is 3.92. The quantitative estimate of drug-likeness (QED) is 0.894. The molecule has 1 spiro atoms. The molecule has 2 fully saturated rings. The maximum Gasteiger partial charge on any atom is 0.339 e. The number of hydrogen-bond donors (Lipinski definition) is 1. The fourth-order valence-corrected chi connectivity index (χ4v) is 3.20. The second-order valence-corrected chi connectivity index (χ2v) is 5.70. The molecule has 0 amide bonds. The number of carboxylic acids is 1. The highest BCUT2D eigenvalue weighted by Gasteiger charge is 2.40. The molecule has 6 nitrogen and oxygen atoms in total. The summed E-state index contributed by atoms with van der Waals surface area (Å²) in [5, 5.41) is 13.5. The molecule has 1 N–H and O–H groups in total. The Morgan fingerprint density at radius 3 is 2.85 bits per heavy atom. The molecule has 0 aromatic carbocycles. The van der Waals surface area contributed by atoms with Gasteiger partial charge in [-0.2, -0.15) is 5.10 Å². The molecule has 20 heavy (non-hydrogen) atoms. The van der Waals surface area contributed by atoms with Gasteiger partial charge in [-0.05, 0) is 32.6 Å². The summed E-state index contributed by atoms with van der Waals surface area (Å²) in [5.74, 6) is -0.915. The monoisotopic (exact) mass is 280 g/mol. The van der Waals surface area contributed by atoms with Crippen molar-refractivity contribution >= 4 is 5.97 Å². The first-order chi connectivity index (χ1) is 9.60. The summed E-state index contributed by atoms with van der Waals surface area (Å²) in [7, 11) is 0. The summed E-state index contributed by atoms with van der Waals surface area (Å²) in [4.78, 5) is 11.1. The summed E-state index contributed by atoms with van der Waals surface area (Å²) >= 11 is 0. The van der Waals surface area contributed by atoms with Gasteiger partial charge in [0.2, 0.25) is 0 Å². The molecule has 0 bridgehead atoms. The predicted molar refractivity (Wildman–Crippen MR) is 70.9 cm³/mol. The van der Waals surface area contributed by atoms with Crippen molar-refractivity contribution in [3.8, 4) is 0 Å². The van der Waals surface area contributed by atoms with E-state index in [4.69, 9.17) is 14.6 Å². The Labute approximate surface area is 117 Å². The highest BCUT2D eigenvalue weighted by atomic mass is 16.5. The van der Waals surface area contributed by atoms with Crippen molar-refractivity contribution < 1.29 is 19.4 Å². The first-order valence-corrected chi connectivity index (χ1v) is 7.10. The van der Waals surface area contributed by atoms with Crippen LogP contribution in [0.4, 0.5) is 0 Å². The van der Waals surface area contributed by atoms with E-state index in [2.05, 4.69) is 5.10 Å². The van der Waals surface area contributed by atoms with Crippen LogP contribution in [0.5, 0.6) is 0 Å². The minimum absolute atomic E-state index is 0.107. The molecule has 2 aliphatic heterocycles. The van der Waals surface area contributed by atoms with Crippen molar-refractivity contribution in [2.75, 3.05) is 19.8 Å². The van der Waals surface area contributed by atoms with Gasteiger partial charge in [0.1, 0.15) is 5.56 Å². The lowest BCUT2D eigenvalue weighted by Gasteiger charge is -2.43. The van der Waals surface area contributed by atoms with Gasteiger partial charge in [0.15, 0.2) is 0 Å². The largest absolute Gasteiger partial charge is 0.478 e. The van der Waals surface area contributed by atoms with Gasteiger partial charge >= 0.3 is 5.97 Å². The Morgan fingerprint density at radius 1 is 1.45 bits per heavy atom. The van der Waals surface area contributed by atoms with Crippen LogP contribution in [0.25, 0.3) is 0 Å². The fraction of sp³-hybridized carbons (Fsp3) is 0.714. The van der Waals surface area contributed by atoms with Crippen LogP contribution < -0.4 is 0 Å². The van der Waals surface area contributed by atoms with Crippen LogP contribution in [0, 0.1) is 6.92 Å². The normalized spacial score (nSPS) is 25.8. The minimum Gasteiger partial charge on any atom is -0.478 e. The molecule has 3 rings (SSSR count). The number of carbonyl (C=O) groups is 1. The van der Waals surface area contributed by atoms with Gasteiger partial charge in [0, 0.05) is 26.0 Å². The van der Waals surface area contributed by atoms with Gasteiger partial charge in [-0.25, -0.2) is 4.79 Å². The van der Waals surface area contributed by atoms with E-state index < -0.39 is 5.97 Å². The van der Waals surface area contributed by atoms with Crippen LogP contribution in [0.1, 0.15) is 47.8 Å². The number of aromatic nitrogens is 2. The third kappa shape index (κ3) is 2.45. The van der Waals surface area contributed by atoms with Crippen molar-refractivity contribution in [1.29, 1.82) is 0 Å². The van der Waals surface area contributed by atoms with Crippen LogP contribution in [0.2, 0.25) is 0 Å². The van der Waals surface area contributed by atoms with Crippen LogP contribution in [-0.2, 0) is 9.47 Å². The molecule has 1 atom stereocenters. The van der Waals surface area contributed by atoms with Crippen molar-refractivity contribution in [2.24, 2.45) is 0 Å². The Bertz CT molecular complexity index is 500. The van der Waals surface area contributed by atoms with E-state index in [1.807, 2.05) is 4.68 Å². The maximum absolute atomic E-state index is 11.1. The fourth-order valence-electron chi connectivity index (χ4n) is 3.20. The van der Waals surface area contributed by atoms with Crippen molar-refractivity contribution in [1.82, 2.24) is 9.78 Å². The van der Waals surface area contributed by atoms with E-state index in [-0.39, 0.29) is 17.2 Å². The first-order valence-electron chi connectivity index (χ1n) is 7.10. The van der Waals surface area contributed by atoms with E-state index in [0.29, 0.717) is 12.3 Å². The number of aryl methyl sites for hydroxylation is 1. The van der Waals surface area contributed by atoms with E-state index in [1.165, 1.54) is 0 Å². The molecule has 110 valence electrons. The second kappa shape index (κ2) is 5.18. The summed E-state index contributed by atoms with van der Waals surface area (Å²) in [6, 6.07) is 0.216. The Kier molecular flexibility index (Phi) is 3.52. The van der Waals surface area contributed by atoms with Gasteiger partial charge in [-0.1, -0.05) is 0 Å². The third-order valence-corrected chi connectivity index (χ3v) is 4.39. The molecule has 1 unspecified atom stereocenters. The molecule has 1 aromatic rings. The standard InChI is InChI=1S/C14H20N2O4/c1-10-12(13(17)18)9-16(15-10)11-2-5-20-14(8-11)3-6-19-7-4-14/h9,11H,2-8H2,1H3,(H,17,18). The maximum atomic E-state index is 11.1. The smallest absolute Gasteiger partial charge is 0.339 e. The van der Waals surface area contributed by atoms with E-state index >= 15 is 0 Å². The molecule has 1 aromatic heterocycles. The van der Waals surface area contributed by atoms with Crippen LogP contribution in [0.15, 0.2) is 6.20 Å². The highest BCUT2D eigenvalue weighted by molar-refractivity contribution is 5.88. The Balaban J connectivity index is 1.79. The highest BCUT2D eigenvalue weighted by Crippen LogP contribution is 2.39. The molecule has 2 aliphatic rings. The molecular weight excluding hydrogens is 260 g/mol. The zero-order valence-corrected chi connectivity index (χ0v) is 11.7. The van der Waals surface area contributed by atoms with Gasteiger partial charge in [0.05, 0.1) is 17.3 Å². The lowest BCUT2D eigenvalue weighted by molar-refractivity contribution is -0.145. The summed E-state index contributed by atoms with van der Waals surface area (Å²) in [6.07, 6.45) is 5.24. The van der Waals surface area contributed by atoms with Crippen LogP contribution >= 0.6 is 0 Å². The van der Waals surface area contributed by atoms with Crippen molar-refractivity contribution in [3.63, 3.8) is 0 Å². The lowest BCUT2D eigenvalue weighted by atomic mass is 9.84. The molecule has 0 saturated carbocycles.